The molecule has 0 spiro atoms. The first-order valence-corrected chi connectivity index (χ1v) is 8.47. The Hall–Kier alpha value is -2.20. The first-order valence-electron chi connectivity index (χ1n) is 7.66. The second-order valence-corrected chi connectivity index (χ2v) is 6.99. The largest absolute Gasteiger partial charge is 0.298 e. The summed E-state index contributed by atoms with van der Waals surface area (Å²) in [6.45, 7) is 10.7. The Bertz CT molecular complexity index is 800. The smallest absolute Gasteiger partial charge is 0.249 e. The summed E-state index contributed by atoms with van der Waals surface area (Å²) in [6.07, 6.45) is 1.77. The number of fused-ring (bicyclic) bond motifs is 1. The van der Waals surface area contributed by atoms with Crippen LogP contribution in [0.3, 0.4) is 0 Å². The highest BCUT2D eigenvalue weighted by Crippen LogP contribution is 2.38. The molecule has 0 saturated heterocycles. The monoisotopic (exact) mass is 324 g/mol. The maximum Gasteiger partial charge on any atom is 0.249 e. The number of benzene rings is 1. The molecule has 0 aliphatic carbocycles. The molecule has 0 fully saturated rings. The van der Waals surface area contributed by atoms with Crippen LogP contribution in [-0.4, -0.2) is 24.7 Å². The van der Waals surface area contributed by atoms with E-state index in [-0.39, 0.29) is 12.5 Å². The number of aryl methyl sites for hydroxylation is 2. The van der Waals surface area contributed by atoms with Crippen molar-refractivity contribution in [3.05, 3.63) is 64.1 Å². The number of thiophene rings is 1. The minimum atomic E-state index is 0.0227. The summed E-state index contributed by atoms with van der Waals surface area (Å²) in [5.41, 5.74) is 5.48. The van der Waals surface area contributed by atoms with E-state index in [0.717, 1.165) is 21.8 Å². The van der Waals surface area contributed by atoms with E-state index in [1.807, 2.05) is 0 Å². The van der Waals surface area contributed by atoms with Crippen molar-refractivity contribution >= 4 is 28.0 Å². The zero-order chi connectivity index (χ0) is 16.6. The van der Waals surface area contributed by atoms with E-state index >= 15 is 0 Å². The van der Waals surface area contributed by atoms with Crippen LogP contribution in [0.1, 0.15) is 27.1 Å². The van der Waals surface area contributed by atoms with Crippen LogP contribution in [0.15, 0.2) is 41.9 Å². The highest BCUT2D eigenvalue weighted by molar-refractivity contribution is 7.17. The Kier molecular flexibility index (Phi) is 4.18. The lowest BCUT2D eigenvalue weighted by atomic mass is 9.99. The summed E-state index contributed by atoms with van der Waals surface area (Å²) >= 11 is 1.66. The average molecular weight is 324 g/mol. The molecule has 1 aliphatic heterocycles. The van der Waals surface area contributed by atoms with Crippen molar-refractivity contribution < 1.29 is 4.79 Å². The normalized spacial score (nSPS) is 14.3. The van der Waals surface area contributed by atoms with Gasteiger partial charge in [-0.05, 0) is 26.3 Å². The van der Waals surface area contributed by atoms with E-state index in [1.165, 1.54) is 16.0 Å². The highest BCUT2D eigenvalue weighted by Gasteiger charge is 2.28. The third kappa shape index (κ3) is 2.75. The Balaban J connectivity index is 2.21. The summed E-state index contributed by atoms with van der Waals surface area (Å²) in [5, 5.41) is 0.988. The zero-order valence-electron chi connectivity index (χ0n) is 13.7. The molecule has 23 heavy (non-hydrogen) atoms. The molecule has 2 heterocycles. The second-order valence-electron chi connectivity index (χ2n) is 5.79. The van der Waals surface area contributed by atoms with Crippen molar-refractivity contribution in [3.63, 3.8) is 0 Å². The molecule has 2 aromatic rings. The lowest BCUT2D eigenvalue weighted by molar-refractivity contribution is -0.117. The number of carbonyl (C=O) groups is 1. The van der Waals surface area contributed by atoms with E-state index in [1.54, 1.807) is 22.3 Å². The van der Waals surface area contributed by atoms with Gasteiger partial charge in [0.2, 0.25) is 5.91 Å². The number of carbonyl (C=O) groups excluding carboxylic acids is 1. The minimum Gasteiger partial charge on any atom is -0.298 e. The standard InChI is InChI=1S/C19H20N2OS/c1-5-10-21-16(22)11-20-18(15-8-6-12(2)7-9-15)17-13(3)14(4)23-19(17)21/h5-9H,1,10-11H2,2-4H3. The van der Waals surface area contributed by atoms with Crippen molar-refractivity contribution in [1.29, 1.82) is 0 Å². The van der Waals surface area contributed by atoms with Crippen molar-refractivity contribution in [1.82, 2.24) is 0 Å². The number of hydrogen-bond acceptors (Lipinski definition) is 3. The number of rotatable bonds is 3. The topological polar surface area (TPSA) is 32.7 Å². The van der Waals surface area contributed by atoms with E-state index in [2.05, 4.69) is 56.6 Å². The summed E-state index contributed by atoms with van der Waals surface area (Å²) < 4.78 is 0. The maximum absolute atomic E-state index is 12.5. The van der Waals surface area contributed by atoms with Crippen molar-refractivity contribution in [2.45, 2.75) is 20.8 Å². The summed E-state index contributed by atoms with van der Waals surface area (Å²) in [6, 6.07) is 8.33. The molecule has 1 aromatic heterocycles. The van der Waals surface area contributed by atoms with Gasteiger partial charge in [-0.3, -0.25) is 14.7 Å². The van der Waals surface area contributed by atoms with Crippen LogP contribution in [0.2, 0.25) is 0 Å². The Morgan fingerprint density at radius 2 is 1.96 bits per heavy atom. The number of amides is 1. The van der Waals surface area contributed by atoms with Gasteiger partial charge in [0.15, 0.2) is 0 Å². The zero-order valence-corrected chi connectivity index (χ0v) is 14.5. The predicted octanol–water partition coefficient (Wildman–Crippen LogP) is 4.04. The lowest BCUT2D eigenvalue weighted by Crippen LogP contribution is -2.31. The Morgan fingerprint density at radius 1 is 1.26 bits per heavy atom. The van der Waals surface area contributed by atoms with Crippen LogP contribution in [0, 0.1) is 20.8 Å². The van der Waals surface area contributed by atoms with Crippen molar-refractivity contribution in [3.8, 4) is 0 Å². The van der Waals surface area contributed by atoms with Crippen molar-refractivity contribution in [2.24, 2.45) is 4.99 Å². The highest BCUT2D eigenvalue weighted by atomic mass is 32.1. The molecular weight excluding hydrogens is 304 g/mol. The fourth-order valence-corrected chi connectivity index (χ4v) is 3.95. The van der Waals surface area contributed by atoms with Crippen LogP contribution in [-0.2, 0) is 4.79 Å². The van der Waals surface area contributed by atoms with Crippen LogP contribution in [0.5, 0.6) is 0 Å². The minimum absolute atomic E-state index is 0.0227. The fraction of sp³-hybridized carbons (Fsp3) is 0.263. The third-order valence-corrected chi connectivity index (χ3v) is 5.39. The molecule has 0 atom stereocenters. The predicted molar refractivity (Wildman–Crippen MR) is 98.0 cm³/mol. The maximum atomic E-state index is 12.5. The molecule has 3 rings (SSSR count). The molecule has 4 heteroatoms. The molecule has 1 aromatic carbocycles. The van der Waals surface area contributed by atoms with Crippen LogP contribution in [0.25, 0.3) is 0 Å². The lowest BCUT2D eigenvalue weighted by Gasteiger charge is -2.18. The van der Waals surface area contributed by atoms with Gasteiger partial charge in [0.05, 0.1) is 5.71 Å². The van der Waals surface area contributed by atoms with E-state index in [4.69, 9.17) is 0 Å². The summed E-state index contributed by atoms with van der Waals surface area (Å²) in [7, 11) is 0. The summed E-state index contributed by atoms with van der Waals surface area (Å²) in [5.74, 6) is 0.0227. The number of aliphatic imine (C=N–C) groups is 1. The molecule has 0 saturated carbocycles. The van der Waals surface area contributed by atoms with Crippen molar-refractivity contribution in [2.75, 3.05) is 18.0 Å². The van der Waals surface area contributed by atoms with E-state index in [9.17, 15) is 4.79 Å². The van der Waals surface area contributed by atoms with Gasteiger partial charge in [-0.2, -0.15) is 0 Å². The molecular formula is C19H20N2OS. The van der Waals surface area contributed by atoms with Gasteiger partial charge in [-0.15, -0.1) is 17.9 Å². The van der Waals surface area contributed by atoms with Gasteiger partial charge in [0.25, 0.3) is 0 Å². The second kappa shape index (κ2) is 6.13. The Labute approximate surface area is 141 Å². The molecule has 0 radical (unpaired) electrons. The number of nitrogens with zero attached hydrogens (tertiary/aromatic N) is 2. The van der Waals surface area contributed by atoms with Crippen LogP contribution < -0.4 is 4.90 Å². The molecule has 0 unspecified atom stereocenters. The molecule has 3 nitrogen and oxygen atoms in total. The quantitative estimate of drug-likeness (QED) is 0.784. The molecule has 1 amide bonds. The molecule has 118 valence electrons. The molecule has 0 bridgehead atoms. The first kappa shape index (κ1) is 15.7. The van der Waals surface area contributed by atoms with Gasteiger partial charge < -0.3 is 0 Å². The Morgan fingerprint density at radius 3 is 2.61 bits per heavy atom. The van der Waals surface area contributed by atoms with Gasteiger partial charge in [0, 0.05) is 22.5 Å². The van der Waals surface area contributed by atoms with Gasteiger partial charge in [-0.25, -0.2) is 0 Å². The first-order chi connectivity index (χ1) is 11.0. The van der Waals surface area contributed by atoms with Gasteiger partial charge >= 0.3 is 0 Å². The number of hydrogen-bond donors (Lipinski definition) is 0. The molecule has 1 aliphatic rings. The fourth-order valence-electron chi connectivity index (χ4n) is 2.76. The van der Waals surface area contributed by atoms with Crippen LogP contribution in [0.4, 0.5) is 5.00 Å². The average Bonchev–Trinajstić information content (AvgIpc) is 2.74. The van der Waals surface area contributed by atoms with E-state index in [0.29, 0.717) is 6.54 Å². The number of anilines is 1. The SMILES string of the molecule is C=CCN1C(=O)CN=C(c2ccc(C)cc2)c2c1sc(C)c2C. The third-order valence-electron chi connectivity index (χ3n) is 4.16. The van der Waals surface area contributed by atoms with Crippen LogP contribution >= 0.6 is 11.3 Å². The van der Waals surface area contributed by atoms with Gasteiger partial charge in [-0.1, -0.05) is 35.9 Å². The molecule has 0 N–H and O–H groups in total. The summed E-state index contributed by atoms with van der Waals surface area (Å²) in [4.78, 5) is 20.2. The van der Waals surface area contributed by atoms with Gasteiger partial charge in [0.1, 0.15) is 11.5 Å². The van der Waals surface area contributed by atoms with E-state index < -0.39 is 0 Å².